The van der Waals surface area contributed by atoms with Gasteiger partial charge >= 0.3 is 0 Å². The number of nitrogens with two attached hydrogens (primary N) is 2. The Balaban J connectivity index is 3.08. The number of benzene rings is 1. The van der Waals surface area contributed by atoms with E-state index in [0.29, 0.717) is 11.4 Å². The summed E-state index contributed by atoms with van der Waals surface area (Å²) in [6.07, 6.45) is 0. The van der Waals surface area contributed by atoms with Crippen LogP contribution in [-0.4, -0.2) is 5.78 Å². The van der Waals surface area contributed by atoms with Crippen molar-refractivity contribution < 1.29 is 4.79 Å². The second kappa shape index (κ2) is 3.79. The number of ketones is 1. The van der Waals surface area contributed by atoms with E-state index in [1.807, 2.05) is 0 Å². The molecule has 0 heterocycles. The largest absolute Gasteiger partial charge is 0.399 e. The van der Waals surface area contributed by atoms with E-state index >= 15 is 0 Å². The van der Waals surface area contributed by atoms with E-state index in [4.69, 9.17) is 11.5 Å². The number of alkyl halides is 1. The molecule has 1 aromatic rings. The maximum Gasteiger partial charge on any atom is 0.147 e. The summed E-state index contributed by atoms with van der Waals surface area (Å²) in [7, 11) is 0. The van der Waals surface area contributed by atoms with Crippen LogP contribution in [0.15, 0.2) is 18.2 Å². The highest BCUT2D eigenvalue weighted by molar-refractivity contribution is 9.09. The molecule has 0 saturated heterocycles. The second-order valence-corrected chi connectivity index (χ2v) is 3.78. The van der Waals surface area contributed by atoms with Gasteiger partial charge in [-0.05, 0) is 24.6 Å². The molecule has 0 radical (unpaired) electrons. The van der Waals surface area contributed by atoms with E-state index in [1.54, 1.807) is 18.2 Å². The molecule has 1 atom stereocenters. The predicted molar refractivity (Wildman–Crippen MR) is 57.6 cm³/mol. The van der Waals surface area contributed by atoms with Crippen molar-refractivity contribution in [2.75, 3.05) is 11.5 Å². The van der Waals surface area contributed by atoms with Gasteiger partial charge in [0, 0.05) is 11.4 Å². The molecule has 13 heavy (non-hydrogen) atoms. The van der Waals surface area contributed by atoms with Crippen LogP contribution >= 0.6 is 15.9 Å². The van der Waals surface area contributed by atoms with E-state index < -0.39 is 0 Å². The lowest BCUT2D eigenvalue weighted by Gasteiger charge is -2.09. The van der Waals surface area contributed by atoms with Crippen LogP contribution in [0.25, 0.3) is 0 Å². The number of anilines is 2. The third-order valence-corrected chi connectivity index (χ3v) is 2.88. The Bertz CT molecular complexity index is 338. The highest BCUT2D eigenvalue weighted by Crippen LogP contribution is 2.29. The highest BCUT2D eigenvalue weighted by atomic mass is 79.9. The van der Waals surface area contributed by atoms with E-state index in [2.05, 4.69) is 15.9 Å². The molecule has 0 saturated carbocycles. The fourth-order valence-corrected chi connectivity index (χ4v) is 1.46. The molecule has 1 unspecified atom stereocenters. The van der Waals surface area contributed by atoms with Gasteiger partial charge in [0.05, 0.1) is 4.83 Å². The zero-order chi connectivity index (χ0) is 10.0. The minimum absolute atomic E-state index is 0.0245. The van der Waals surface area contributed by atoms with E-state index in [9.17, 15) is 4.79 Å². The van der Waals surface area contributed by atoms with Crippen LogP contribution in [0.3, 0.4) is 0 Å². The molecule has 1 aromatic carbocycles. The first-order valence-corrected chi connectivity index (χ1v) is 4.73. The molecular weight excluding hydrogens is 232 g/mol. The molecule has 3 nitrogen and oxygen atoms in total. The topological polar surface area (TPSA) is 69.1 Å². The zero-order valence-corrected chi connectivity index (χ0v) is 8.84. The molecule has 0 fully saturated rings. The molecule has 0 aliphatic rings. The van der Waals surface area contributed by atoms with Crippen molar-refractivity contribution in [3.63, 3.8) is 0 Å². The Kier molecular flexibility index (Phi) is 2.93. The average Bonchev–Trinajstić information content (AvgIpc) is 2.03. The smallest absolute Gasteiger partial charge is 0.147 e. The molecule has 70 valence electrons. The van der Waals surface area contributed by atoms with Gasteiger partial charge in [-0.2, -0.15) is 0 Å². The fraction of sp³-hybridized carbons (Fsp3) is 0.222. The zero-order valence-electron chi connectivity index (χ0n) is 7.25. The molecule has 0 spiro atoms. The summed E-state index contributed by atoms with van der Waals surface area (Å²) >= 11 is 3.26. The van der Waals surface area contributed by atoms with Crippen molar-refractivity contribution in [3.8, 4) is 0 Å². The van der Waals surface area contributed by atoms with Gasteiger partial charge in [-0.1, -0.05) is 22.0 Å². The second-order valence-electron chi connectivity index (χ2n) is 2.86. The van der Waals surface area contributed by atoms with Crippen LogP contribution < -0.4 is 11.5 Å². The van der Waals surface area contributed by atoms with Crippen molar-refractivity contribution in [1.82, 2.24) is 0 Å². The number of carbonyl (C=O) groups is 1. The van der Waals surface area contributed by atoms with Crippen LogP contribution in [-0.2, 0) is 4.79 Å². The molecule has 4 N–H and O–H groups in total. The van der Waals surface area contributed by atoms with Gasteiger partial charge in [0.15, 0.2) is 0 Å². The Labute approximate surface area is 85.2 Å². The van der Waals surface area contributed by atoms with Crippen LogP contribution in [0, 0.1) is 0 Å². The van der Waals surface area contributed by atoms with Crippen molar-refractivity contribution in [2.24, 2.45) is 0 Å². The van der Waals surface area contributed by atoms with Crippen LogP contribution in [0.5, 0.6) is 0 Å². The van der Waals surface area contributed by atoms with E-state index in [1.165, 1.54) is 6.92 Å². The summed E-state index contributed by atoms with van der Waals surface area (Å²) in [6, 6.07) is 5.13. The van der Waals surface area contributed by atoms with Crippen molar-refractivity contribution in [1.29, 1.82) is 0 Å². The minimum atomic E-state index is -0.340. The third kappa shape index (κ3) is 2.21. The summed E-state index contributed by atoms with van der Waals surface area (Å²) in [5, 5.41) is 0. The molecule has 0 bridgehead atoms. The first-order valence-electron chi connectivity index (χ1n) is 3.82. The predicted octanol–water partition coefficient (Wildman–Crippen LogP) is 1.88. The number of hydrogen-bond donors (Lipinski definition) is 2. The SMILES string of the molecule is CC(=O)C(Br)c1ccc(N)cc1N. The minimum Gasteiger partial charge on any atom is -0.399 e. The lowest BCUT2D eigenvalue weighted by Crippen LogP contribution is -2.05. The normalized spacial score (nSPS) is 12.5. The first-order chi connectivity index (χ1) is 6.02. The quantitative estimate of drug-likeness (QED) is 0.615. The van der Waals surface area contributed by atoms with Gasteiger partial charge in [0.25, 0.3) is 0 Å². The summed E-state index contributed by atoms with van der Waals surface area (Å²) in [6.45, 7) is 1.51. The standard InChI is InChI=1S/C9H11BrN2O/c1-5(13)9(10)7-3-2-6(11)4-8(7)12/h2-4,9H,11-12H2,1H3. The van der Waals surface area contributed by atoms with E-state index in [-0.39, 0.29) is 10.6 Å². The molecule has 0 aliphatic heterocycles. The summed E-state index contributed by atoms with van der Waals surface area (Å²) in [5.74, 6) is 0.0245. The maximum atomic E-state index is 11.0. The number of halogens is 1. The Morgan fingerprint density at radius 1 is 1.46 bits per heavy atom. The molecule has 0 aromatic heterocycles. The number of hydrogen-bond acceptors (Lipinski definition) is 3. The van der Waals surface area contributed by atoms with E-state index in [0.717, 1.165) is 5.56 Å². The van der Waals surface area contributed by atoms with Crippen molar-refractivity contribution >= 4 is 33.1 Å². The van der Waals surface area contributed by atoms with Crippen LogP contribution in [0.4, 0.5) is 11.4 Å². The third-order valence-electron chi connectivity index (χ3n) is 1.74. The molecule has 1 rings (SSSR count). The first kappa shape index (κ1) is 10.1. The fourth-order valence-electron chi connectivity index (χ4n) is 1.04. The summed E-state index contributed by atoms with van der Waals surface area (Å²) < 4.78 is 0. The number of carbonyl (C=O) groups excluding carboxylic acids is 1. The summed E-state index contributed by atoms with van der Waals surface area (Å²) in [4.78, 5) is 10.7. The Hall–Kier alpha value is -1.03. The van der Waals surface area contributed by atoms with Crippen molar-refractivity contribution in [2.45, 2.75) is 11.8 Å². The van der Waals surface area contributed by atoms with Gasteiger partial charge in [0.1, 0.15) is 5.78 Å². The van der Waals surface area contributed by atoms with Crippen molar-refractivity contribution in [3.05, 3.63) is 23.8 Å². The van der Waals surface area contributed by atoms with Gasteiger partial charge < -0.3 is 11.5 Å². The van der Waals surface area contributed by atoms with Crippen LogP contribution in [0.2, 0.25) is 0 Å². The van der Waals surface area contributed by atoms with Gasteiger partial charge in [-0.25, -0.2) is 0 Å². The average molecular weight is 243 g/mol. The Morgan fingerprint density at radius 3 is 2.54 bits per heavy atom. The van der Waals surface area contributed by atoms with Gasteiger partial charge in [-0.15, -0.1) is 0 Å². The maximum absolute atomic E-state index is 11.0. The van der Waals surface area contributed by atoms with Crippen LogP contribution in [0.1, 0.15) is 17.3 Å². The number of Topliss-reactive ketones (excluding diaryl/α,β-unsaturated/α-hetero) is 1. The molecular formula is C9H11BrN2O. The highest BCUT2D eigenvalue weighted by Gasteiger charge is 2.14. The lowest BCUT2D eigenvalue weighted by atomic mass is 10.1. The Morgan fingerprint density at radius 2 is 2.08 bits per heavy atom. The molecule has 4 heteroatoms. The summed E-state index contributed by atoms with van der Waals surface area (Å²) in [5.41, 5.74) is 13.1. The molecule has 0 aliphatic carbocycles. The number of nitrogen functional groups attached to an aromatic ring is 2. The van der Waals surface area contributed by atoms with Gasteiger partial charge in [-0.3, -0.25) is 4.79 Å². The number of rotatable bonds is 2. The molecule has 0 amide bonds. The lowest BCUT2D eigenvalue weighted by molar-refractivity contribution is -0.116. The van der Waals surface area contributed by atoms with Gasteiger partial charge in [0.2, 0.25) is 0 Å². The monoisotopic (exact) mass is 242 g/mol.